The van der Waals surface area contributed by atoms with Gasteiger partial charge in [0.15, 0.2) is 0 Å². The molecule has 0 aromatic heterocycles. The summed E-state index contributed by atoms with van der Waals surface area (Å²) in [7, 11) is 0. The Hall–Kier alpha value is -1.43. The van der Waals surface area contributed by atoms with Gasteiger partial charge in [0.25, 0.3) is 0 Å². The molecule has 4 N–H and O–H groups in total. The number of carbonyl (C=O) groups is 1. The van der Waals surface area contributed by atoms with E-state index in [1.165, 1.54) is 270 Å². The van der Waals surface area contributed by atoms with Gasteiger partial charge in [-0.15, -0.1) is 0 Å². The number of nitrogens with one attached hydrogen (secondary N) is 1. The van der Waals surface area contributed by atoms with E-state index in [9.17, 15) is 20.1 Å². The van der Waals surface area contributed by atoms with Crippen molar-refractivity contribution in [3.63, 3.8) is 0 Å². The number of aliphatic hydroxyl groups is 3. The third-order valence-corrected chi connectivity index (χ3v) is 14.7. The van der Waals surface area contributed by atoms with Crippen molar-refractivity contribution in [3.05, 3.63) is 36.5 Å². The van der Waals surface area contributed by atoms with Gasteiger partial charge in [-0.1, -0.05) is 301 Å². The SMILES string of the molecule is CCCCCCCCCCCCCCC/C=C\C/C=C\CCCCCCCCCCCCCCCCCCCC(=O)NC(CO)C(O)C(O)CCC/C=C/CCCCCCCCCCCCCCC. The van der Waals surface area contributed by atoms with Crippen molar-refractivity contribution < 1.29 is 20.1 Å². The molecule has 0 saturated heterocycles. The molecule has 0 heterocycles. The fraction of sp³-hybridized carbons (Fsp3) is 0.891. The van der Waals surface area contributed by atoms with E-state index in [0.717, 1.165) is 44.9 Å². The van der Waals surface area contributed by atoms with Crippen molar-refractivity contribution in [3.8, 4) is 0 Å². The minimum atomic E-state index is -1.16. The van der Waals surface area contributed by atoms with Gasteiger partial charge in [0, 0.05) is 6.42 Å². The predicted molar refractivity (Wildman–Crippen MR) is 305 cm³/mol. The fourth-order valence-corrected chi connectivity index (χ4v) is 9.90. The van der Waals surface area contributed by atoms with E-state index < -0.39 is 18.2 Å². The maximum absolute atomic E-state index is 12.5. The summed E-state index contributed by atoms with van der Waals surface area (Å²) < 4.78 is 0. The van der Waals surface area contributed by atoms with E-state index >= 15 is 0 Å². The summed E-state index contributed by atoms with van der Waals surface area (Å²) in [5, 5.41) is 33.8. The van der Waals surface area contributed by atoms with Gasteiger partial charge in [0.2, 0.25) is 5.91 Å². The normalized spacial score (nSPS) is 13.4. The Morgan fingerprint density at radius 3 is 0.928 bits per heavy atom. The lowest BCUT2D eigenvalue weighted by atomic mass is 10.0. The number of allylic oxidation sites excluding steroid dienone is 6. The van der Waals surface area contributed by atoms with E-state index in [1.54, 1.807) is 0 Å². The van der Waals surface area contributed by atoms with Crippen LogP contribution in [0.1, 0.15) is 341 Å². The summed E-state index contributed by atoms with van der Waals surface area (Å²) in [5.74, 6) is -0.149. The molecule has 0 radical (unpaired) electrons. The highest BCUT2D eigenvalue weighted by molar-refractivity contribution is 5.76. The van der Waals surface area contributed by atoms with Crippen molar-refractivity contribution in [2.45, 2.75) is 360 Å². The number of aliphatic hydroxyl groups excluding tert-OH is 3. The molecule has 0 fully saturated rings. The summed E-state index contributed by atoms with van der Waals surface area (Å²) in [6.07, 6.45) is 77.6. The number of hydrogen-bond acceptors (Lipinski definition) is 4. The summed E-state index contributed by atoms with van der Waals surface area (Å²) in [6, 6.07) is -0.826. The smallest absolute Gasteiger partial charge is 0.220 e. The Bertz CT molecular complexity index is 1070. The van der Waals surface area contributed by atoms with Crippen molar-refractivity contribution in [1.29, 1.82) is 0 Å². The minimum absolute atomic E-state index is 0.149. The zero-order valence-corrected chi connectivity index (χ0v) is 46.7. The Labute approximate surface area is 432 Å². The van der Waals surface area contributed by atoms with E-state index in [2.05, 4.69) is 55.6 Å². The predicted octanol–water partition coefficient (Wildman–Crippen LogP) is 19.8. The van der Waals surface area contributed by atoms with Gasteiger partial charge in [-0.2, -0.15) is 0 Å². The zero-order chi connectivity index (χ0) is 50.0. The second-order valence-electron chi connectivity index (χ2n) is 21.6. The van der Waals surface area contributed by atoms with Crippen LogP contribution in [0.2, 0.25) is 0 Å². The topological polar surface area (TPSA) is 89.8 Å². The Morgan fingerprint density at radius 1 is 0.362 bits per heavy atom. The minimum Gasteiger partial charge on any atom is -0.394 e. The quantitative estimate of drug-likeness (QED) is 0.0361. The first-order valence-corrected chi connectivity index (χ1v) is 31.3. The molecule has 0 bridgehead atoms. The van der Waals surface area contributed by atoms with E-state index in [-0.39, 0.29) is 12.5 Å². The monoisotopic (exact) mass is 970 g/mol. The molecule has 1 amide bonds. The van der Waals surface area contributed by atoms with Gasteiger partial charge in [0.05, 0.1) is 18.8 Å². The average molecular weight is 971 g/mol. The summed E-state index contributed by atoms with van der Waals surface area (Å²) >= 11 is 0. The molecular weight excluding hydrogens is 847 g/mol. The molecule has 408 valence electrons. The van der Waals surface area contributed by atoms with E-state index in [1.807, 2.05) is 0 Å². The molecule has 0 aliphatic rings. The van der Waals surface area contributed by atoms with Crippen LogP contribution in [-0.4, -0.2) is 46.1 Å². The third kappa shape index (κ3) is 54.2. The molecule has 69 heavy (non-hydrogen) atoms. The molecule has 5 heteroatoms. The standard InChI is InChI=1S/C64H123NO4/c1-3-5-7-9-11-13-15-17-19-21-23-24-25-26-27-28-29-30-31-32-33-34-35-36-37-38-39-40-41-43-45-47-49-51-53-55-57-59-63(68)65-61(60-66)64(69)62(67)58-56-54-52-50-48-46-44-42-22-20-18-16-14-12-10-8-6-4-2/h27-28,30-31,50,52,61-62,64,66-67,69H,3-26,29,32-49,51,53-60H2,1-2H3,(H,65,68)/b28-27-,31-30-,52-50+. The van der Waals surface area contributed by atoms with Crippen molar-refractivity contribution in [2.24, 2.45) is 0 Å². The number of amides is 1. The van der Waals surface area contributed by atoms with Gasteiger partial charge < -0.3 is 20.6 Å². The van der Waals surface area contributed by atoms with Crippen molar-refractivity contribution in [1.82, 2.24) is 5.32 Å². The first-order chi connectivity index (χ1) is 34.1. The Kier molecular flexibility index (Phi) is 57.9. The van der Waals surface area contributed by atoms with E-state index in [4.69, 9.17) is 0 Å². The molecule has 0 aliphatic heterocycles. The Morgan fingerprint density at radius 2 is 0.623 bits per heavy atom. The summed E-state index contributed by atoms with van der Waals surface area (Å²) in [5.41, 5.74) is 0. The number of carbonyl (C=O) groups excluding carboxylic acids is 1. The first kappa shape index (κ1) is 67.6. The second-order valence-corrected chi connectivity index (χ2v) is 21.6. The third-order valence-electron chi connectivity index (χ3n) is 14.7. The van der Waals surface area contributed by atoms with Crippen LogP contribution in [0.15, 0.2) is 36.5 Å². The molecule has 3 atom stereocenters. The molecule has 0 aromatic carbocycles. The van der Waals surface area contributed by atoms with Crippen LogP contribution >= 0.6 is 0 Å². The highest BCUT2D eigenvalue weighted by atomic mass is 16.3. The maximum atomic E-state index is 12.5. The second kappa shape index (κ2) is 59.1. The molecule has 0 rings (SSSR count). The lowest BCUT2D eigenvalue weighted by molar-refractivity contribution is -0.124. The lowest BCUT2D eigenvalue weighted by Crippen LogP contribution is -2.50. The van der Waals surface area contributed by atoms with Gasteiger partial charge >= 0.3 is 0 Å². The molecule has 0 spiro atoms. The van der Waals surface area contributed by atoms with Gasteiger partial charge in [-0.25, -0.2) is 0 Å². The molecule has 5 nitrogen and oxygen atoms in total. The van der Waals surface area contributed by atoms with Gasteiger partial charge in [0.1, 0.15) is 6.10 Å². The van der Waals surface area contributed by atoms with Gasteiger partial charge in [-0.05, 0) is 70.6 Å². The summed E-state index contributed by atoms with van der Waals surface area (Å²) in [6.45, 7) is 4.20. The largest absolute Gasteiger partial charge is 0.394 e. The van der Waals surface area contributed by atoms with Crippen LogP contribution in [0.5, 0.6) is 0 Å². The van der Waals surface area contributed by atoms with Gasteiger partial charge in [-0.3, -0.25) is 4.79 Å². The lowest BCUT2D eigenvalue weighted by Gasteiger charge is -2.26. The number of hydrogen-bond donors (Lipinski definition) is 4. The zero-order valence-electron chi connectivity index (χ0n) is 46.7. The molecule has 0 aliphatic carbocycles. The summed E-state index contributed by atoms with van der Waals surface area (Å²) in [4.78, 5) is 12.5. The Balaban J connectivity index is 3.49. The number of rotatable bonds is 58. The van der Waals surface area contributed by atoms with Crippen LogP contribution in [0.3, 0.4) is 0 Å². The van der Waals surface area contributed by atoms with Crippen molar-refractivity contribution >= 4 is 5.91 Å². The number of unbranched alkanes of at least 4 members (excludes halogenated alkanes) is 44. The van der Waals surface area contributed by atoms with Crippen LogP contribution in [0.25, 0.3) is 0 Å². The van der Waals surface area contributed by atoms with Crippen LogP contribution in [0.4, 0.5) is 0 Å². The van der Waals surface area contributed by atoms with Crippen molar-refractivity contribution in [2.75, 3.05) is 6.61 Å². The van der Waals surface area contributed by atoms with E-state index in [0.29, 0.717) is 12.8 Å². The molecule has 0 aromatic rings. The highest BCUT2D eigenvalue weighted by Crippen LogP contribution is 2.18. The highest BCUT2D eigenvalue weighted by Gasteiger charge is 2.26. The van der Waals surface area contributed by atoms with Crippen LogP contribution < -0.4 is 5.32 Å². The first-order valence-electron chi connectivity index (χ1n) is 31.3. The van der Waals surface area contributed by atoms with Crippen LogP contribution in [0, 0.1) is 0 Å². The molecule has 3 unspecified atom stereocenters. The molecular formula is C64H123NO4. The van der Waals surface area contributed by atoms with Crippen LogP contribution in [-0.2, 0) is 4.79 Å². The molecule has 0 saturated carbocycles. The average Bonchev–Trinajstić information content (AvgIpc) is 3.35. The maximum Gasteiger partial charge on any atom is 0.220 e. The fourth-order valence-electron chi connectivity index (χ4n) is 9.90.